The molecule has 0 atom stereocenters. The van der Waals surface area contributed by atoms with Gasteiger partial charge in [0.25, 0.3) is 11.8 Å². The first-order chi connectivity index (χ1) is 11.1. The van der Waals surface area contributed by atoms with Gasteiger partial charge in [0.15, 0.2) is 0 Å². The molecule has 1 aromatic carbocycles. The van der Waals surface area contributed by atoms with Gasteiger partial charge in [-0.3, -0.25) is 9.59 Å². The number of carbonyl (C=O) groups excluding carboxylic acids is 2. The zero-order chi connectivity index (χ0) is 16.7. The van der Waals surface area contributed by atoms with Crippen molar-refractivity contribution in [3.8, 4) is 0 Å². The number of halogens is 1. The van der Waals surface area contributed by atoms with Crippen LogP contribution in [0.5, 0.6) is 0 Å². The fraction of sp³-hybridized carbons (Fsp3) is 0.235. The molecule has 0 aliphatic heterocycles. The van der Waals surface area contributed by atoms with E-state index in [1.807, 2.05) is 25.1 Å². The van der Waals surface area contributed by atoms with Gasteiger partial charge in [-0.2, -0.15) is 0 Å². The van der Waals surface area contributed by atoms with E-state index in [2.05, 4.69) is 15.6 Å². The number of nitrogens with zero attached hydrogens (tertiary/aromatic N) is 1. The Labute approximate surface area is 140 Å². The monoisotopic (exact) mass is 331 g/mol. The molecule has 0 aliphatic carbocycles. The van der Waals surface area contributed by atoms with Crippen molar-refractivity contribution in [3.63, 3.8) is 0 Å². The standard InChI is InChI=1S/C17H18ClN3O2/c1-2-10-19-16(22)14-8-5-9-15(21-14)17(23)20-11-12-6-3-4-7-13(12)18/h3-9H,2,10-11H2,1H3,(H,19,22)(H,20,23). The lowest BCUT2D eigenvalue weighted by Crippen LogP contribution is -2.27. The van der Waals surface area contributed by atoms with E-state index in [9.17, 15) is 9.59 Å². The molecule has 0 aliphatic rings. The predicted molar refractivity (Wildman–Crippen MR) is 89.5 cm³/mol. The number of rotatable bonds is 6. The van der Waals surface area contributed by atoms with Gasteiger partial charge in [-0.25, -0.2) is 4.98 Å². The molecule has 2 amide bonds. The fourth-order valence-electron chi connectivity index (χ4n) is 1.92. The third-order valence-electron chi connectivity index (χ3n) is 3.15. The van der Waals surface area contributed by atoms with Gasteiger partial charge in [0, 0.05) is 18.1 Å². The molecule has 0 saturated carbocycles. The Bertz CT molecular complexity index is 704. The summed E-state index contributed by atoms with van der Waals surface area (Å²) in [7, 11) is 0. The van der Waals surface area contributed by atoms with Crippen molar-refractivity contribution < 1.29 is 9.59 Å². The number of aromatic nitrogens is 1. The molecule has 120 valence electrons. The minimum Gasteiger partial charge on any atom is -0.351 e. The average Bonchev–Trinajstić information content (AvgIpc) is 2.58. The van der Waals surface area contributed by atoms with Crippen LogP contribution in [-0.4, -0.2) is 23.3 Å². The van der Waals surface area contributed by atoms with Gasteiger partial charge in [0.2, 0.25) is 0 Å². The van der Waals surface area contributed by atoms with Gasteiger partial charge in [-0.05, 0) is 30.2 Å². The van der Waals surface area contributed by atoms with Crippen molar-refractivity contribution in [1.82, 2.24) is 15.6 Å². The van der Waals surface area contributed by atoms with Crippen LogP contribution >= 0.6 is 11.6 Å². The maximum absolute atomic E-state index is 12.2. The van der Waals surface area contributed by atoms with Crippen LogP contribution in [-0.2, 0) is 6.54 Å². The lowest BCUT2D eigenvalue weighted by molar-refractivity contribution is 0.0943. The van der Waals surface area contributed by atoms with E-state index in [0.717, 1.165) is 12.0 Å². The lowest BCUT2D eigenvalue weighted by Gasteiger charge is -2.08. The van der Waals surface area contributed by atoms with Crippen molar-refractivity contribution in [2.45, 2.75) is 19.9 Å². The number of carbonyl (C=O) groups is 2. The summed E-state index contributed by atoms with van der Waals surface area (Å²) in [4.78, 5) is 28.2. The van der Waals surface area contributed by atoms with E-state index in [0.29, 0.717) is 18.1 Å². The van der Waals surface area contributed by atoms with E-state index >= 15 is 0 Å². The average molecular weight is 332 g/mol. The summed E-state index contributed by atoms with van der Waals surface area (Å²) in [5.41, 5.74) is 1.24. The Kier molecular flexibility index (Phi) is 6.11. The van der Waals surface area contributed by atoms with Gasteiger partial charge in [-0.15, -0.1) is 0 Å². The maximum Gasteiger partial charge on any atom is 0.270 e. The molecule has 1 heterocycles. The van der Waals surface area contributed by atoms with Crippen LogP contribution in [0.3, 0.4) is 0 Å². The molecule has 5 nitrogen and oxygen atoms in total. The quantitative estimate of drug-likeness (QED) is 0.855. The van der Waals surface area contributed by atoms with Gasteiger partial charge in [0.05, 0.1) is 0 Å². The zero-order valence-corrected chi connectivity index (χ0v) is 13.6. The van der Waals surface area contributed by atoms with Crippen molar-refractivity contribution in [3.05, 3.63) is 64.4 Å². The Hall–Kier alpha value is -2.40. The van der Waals surface area contributed by atoms with E-state index in [1.54, 1.807) is 24.3 Å². The number of pyridine rings is 1. The molecule has 0 unspecified atom stereocenters. The smallest absolute Gasteiger partial charge is 0.270 e. The molecule has 2 N–H and O–H groups in total. The summed E-state index contributed by atoms with van der Waals surface area (Å²) in [6.07, 6.45) is 0.837. The summed E-state index contributed by atoms with van der Waals surface area (Å²) in [6.45, 7) is 2.84. The third kappa shape index (κ3) is 4.79. The number of hydrogen-bond donors (Lipinski definition) is 2. The van der Waals surface area contributed by atoms with Crippen LogP contribution in [0.2, 0.25) is 5.02 Å². The molecule has 0 spiro atoms. The Balaban J connectivity index is 2.02. The highest BCUT2D eigenvalue weighted by molar-refractivity contribution is 6.31. The molecule has 0 saturated heterocycles. The zero-order valence-electron chi connectivity index (χ0n) is 12.8. The normalized spacial score (nSPS) is 10.2. The molecule has 2 aromatic rings. The van der Waals surface area contributed by atoms with E-state index < -0.39 is 0 Å². The van der Waals surface area contributed by atoms with Crippen molar-refractivity contribution in [2.75, 3.05) is 6.54 Å². The second-order valence-corrected chi connectivity index (χ2v) is 5.35. The number of nitrogens with one attached hydrogen (secondary N) is 2. The van der Waals surface area contributed by atoms with Gasteiger partial charge in [0.1, 0.15) is 11.4 Å². The molecule has 1 aromatic heterocycles. The summed E-state index contributed by atoms with van der Waals surface area (Å²) in [6, 6.07) is 12.1. The van der Waals surface area contributed by atoms with Crippen LogP contribution in [0.1, 0.15) is 39.9 Å². The molecular weight excluding hydrogens is 314 g/mol. The highest BCUT2D eigenvalue weighted by Crippen LogP contribution is 2.14. The van der Waals surface area contributed by atoms with Crippen molar-refractivity contribution >= 4 is 23.4 Å². The van der Waals surface area contributed by atoms with Crippen LogP contribution < -0.4 is 10.6 Å². The Morgan fingerprint density at radius 1 is 1.00 bits per heavy atom. The summed E-state index contributed by atoms with van der Waals surface area (Å²) in [5, 5.41) is 6.07. The van der Waals surface area contributed by atoms with Gasteiger partial charge < -0.3 is 10.6 Å². The third-order valence-corrected chi connectivity index (χ3v) is 3.52. The summed E-state index contributed by atoms with van der Waals surface area (Å²) >= 11 is 6.05. The first-order valence-electron chi connectivity index (χ1n) is 7.38. The Morgan fingerprint density at radius 2 is 1.65 bits per heavy atom. The molecule has 23 heavy (non-hydrogen) atoms. The van der Waals surface area contributed by atoms with Crippen LogP contribution in [0.15, 0.2) is 42.5 Å². The van der Waals surface area contributed by atoms with Crippen molar-refractivity contribution in [2.24, 2.45) is 0 Å². The number of amides is 2. The molecule has 0 bridgehead atoms. The summed E-state index contributed by atoms with van der Waals surface area (Å²) < 4.78 is 0. The minimum atomic E-state index is -0.352. The van der Waals surface area contributed by atoms with Gasteiger partial charge in [-0.1, -0.05) is 42.8 Å². The molecular formula is C17H18ClN3O2. The highest BCUT2D eigenvalue weighted by Gasteiger charge is 2.12. The number of hydrogen-bond acceptors (Lipinski definition) is 3. The first kappa shape index (κ1) is 17.0. The van der Waals surface area contributed by atoms with Crippen molar-refractivity contribution in [1.29, 1.82) is 0 Å². The highest BCUT2D eigenvalue weighted by atomic mass is 35.5. The molecule has 0 fully saturated rings. The minimum absolute atomic E-state index is 0.196. The van der Waals surface area contributed by atoms with E-state index in [4.69, 9.17) is 11.6 Å². The van der Waals surface area contributed by atoms with Crippen LogP contribution in [0.25, 0.3) is 0 Å². The second-order valence-electron chi connectivity index (χ2n) is 4.94. The topological polar surface area (TPSA) is 71.1 Å². The van der Waals surface area contributed by atoms with E-state index in [-0.39, 0.29) is 23.2 Å². The largest absolute Gasteiger partial charge is 0.351 e. The Morgan fingerprint density at radius 3 is 2.30 bits per heavy atom. The van der Waals surface area contributed by atoms with Crippen LogP contribution in [0, 0.1) is 0 Å². The molecule has 2 rings (SSSR count). The fourth-order valence-corrected chi connectivity index (χ4v) is 2.13. The van der Waals surface area contributed by atoms with E-state index in [1.165, 1.54) is 0 Å². The number of benzene rings is 1. The maximum atomic E-state index is 12.2. The predicted octanol–water partition coefficient (Wildman–Crippen LogP) is 2.80. The van der Waals surface area contributed by atoms with Gasteiger partial charge >= 0.3 is 0 Å². The molecule has 6 heteroatoms. The lowest BCUT2D eigenvalue weighted by atomic mass is 10.2. The molecule has 0 radical (unpaired) electrons. The second kappa shape index (κ2) is 8.29. The first-order valence-corrected chi connectivity index (χ1v) is 7.76. The SMILES string of the molecule is CCCNC(=O)c1cccc(C(=O)NCc2ccccc2Cl)n1. The van der Waals surface area contributed by atoms with Crippen LogP contribution in [0.4, 0.5) is 0 Å². The summed E-state index contributed by atoms with van der Waals surface area (Å²) in [5.74, 6) is -0.636.